The average molecular weight is 591 g/mol. The largest absolute Gasteiger partial charge is 0.456 e. The molecule has 2 heteroatoms. The Morgan fingerprint density at radius 3 is 1.91 bits per heavy atom. The van der Waals surface area contributed by atoms with Crippen molar-refractivity contribution in [3.63, 3.8) is 0 Å². The van der Waals surface area contributed by atoms with Crippen molar-refractivity contribution in [2.24, 2.45) is 0 Å². The highest BCUT2D eigenvalue weighted by Gasteiger charge is 2.29. The first-order valence-corrected chi connectivity index (χ1v) is 16.2. The monoisotopic (exact) mass is 590 g/mol. The Morgan fingerprint density at radius 1 is 0.478 bits per heavy atom. The lowest BCUT2D eigenvalue weighted by Gasteiger charge is -2.24. The van der Waals surface area contributed by atoms with E-state index in [4.69, 9.17) is 8.83 Å². The quantitative estimate of drug-likeness (QED) is 0.200. The van der Waals surface area contributed by atoms with E-state index in [9.17, 15) is 0 Å². The van der Waals surface area contributed by atoms with Crippen LogP contribution in [0.4, 0.5) is 0 Å². The highest BCUT2D eigenvalue weighted by Crippen LogP contribution is 2.46. The van der Waals surface area contributed by atoms with Gasteiger partial charge in [0.2, 0.25) is 0 Å². The van der Waals surface area contributed by atoms with Crippen LogP contribution in [0.2, 0.25) is 0 Å². The lowest BCUT2D eigenvalue weighted by molar-refractivity contribution is 0.579. The number of hydrogen-bond donors (Lipinski definition) is 0. The summed E-state index contributed by atoms with van der Waals surface area (Å²) in [4.78, 5) is 0. The third-order valence-electron chi connectivity index (χ3n) is 10.4. The summed E-state index contributed by atoms with van der Waals surface area (Å²) in [7, 11) is 0. The Labute approximate surface area is 266 Å². The van der Waals surface area contributed by atoms with Crippen LogP contribution in [0.5, 0.6) is 0 Å². The van der Waals surface area contributed by atoms with Crippen LogP contribution in [-0.4, -0.2) is 0 Å². The van der Waals surface area contributed by atoms with Crippen LogP contribution in [0.3, 0.4) is 0 Å². The van der Waals surface area contributed by atoms with Crippen LogP contribution in [0.1, 0.15) is 35.4 Å². The average Bonchev–Trinajstić information content (AvgIpc) is 3.61. The molecule has 1 aliphatic carbocycles. The van der Waals surface area contributed by atoms with Crippen LogP contribution in [0, 0.1) is 0 Å². The summed E-state index contributed by atoms with van der Waals surface area (Å²) in [5.74, 6) is 0.723. The lowest BCUT2D eigenvalue weighted by Crippen LogP contribution is -2.10. The van der Waals surface area contributed by atoms with Crippen molar-refractivity contribution in [2.75, 3.05) is 0 Å². The van der Waals surface area contributed by atoms with Gasteiger partial charge >= 0.3 is 0 Å². The molecule has 0 spiro atoms. The van der Waals surface area contributed by atoms with E-state index < -0.39 is 0 Å². The molecule has 0 saturated carbocycles. The van der Waals surface area contributed by atoms with E-state index in [-0.39, 0.29) is 0 Å². The van der Waals surface area contributed by atoms with E-state index in [1.54, 1.807) is 0 Å². The molecule has 0 saturated heterocycles. The molecule has 0 aliphatic heterocycles. The molecule has 0 N–H and O–H groups in total. The molecule has 2 aromatic heterocycles. The van der Waals surface area contributed by atoms with Crippen molar-refractivity contribution in [1.29, 1.82) is 0 Å². The third-order valence-corrected chi connectivity index (χ3v) is 10.4. The van der Waals surface area contributed by atoms with Gasteiger partial charge in [-0.15, -0.1) is 0 Å². The minimum Gasteiger partial charge on any atom is -0.456 e. The van der Waals surface area contributed by atoms with E-state index in [1.165, 1.54) is 49.7 Å². The molecule has 0 radical (unpaired) electrons. The standard InChI is InChI=1S/C44H30O2/c1-26-33-11-6-7-13-35(33)34-12-5-4-10-31(34)22-36(26)32-17-19-42-38(23-32)40-25-43-39(24-44(40)46-42)37-21-30(16-18-41(37)45-43)29-15-14-27-8-2-3-9-28(27)20-29/h2-21,23-26,36H,22H2,1H3. The van der Waals surface area contributed by atoms with Gasteiger partial charge in [0.05, 0.1) is 0 Å². The Bertz CT molecular complexity index is 2650. The zero-order valence-electron chi connectivity index (χ0n) is 25.5. The molecule has 7 aromatic carbocycles. The first-order valence-electron chi connectivity index (χ1n) is 16.2. The molecule has 2 atom stereocenters. The van der Waals surface area contributed by atoms with Gasteiger partial charge in [0.1, 0.15) is 22.3 Å². The Morgan fingerprint density at radius 2 is 1.09 bits per heavy atom. The summed E-state index contributed by atoms with van der Waals surface area (Å²) in [6, 6.07) is 50.7. The van der Waals surface area contributed by atoms with Gasteiger partial charge in [0, 0.05) is 21.5 Å². The maximum absolute atomic E-state index is 6.51. The summed E-state index contributed by atoms with van der Waals surface area (Å²) in [6.07, 6.45) is 1.00. The van der Waals surface area contributed by atoms with Gasteiger partial charge in [-0.05, 0) is 110 Å². The zero-order valence-corrected chi connectivity index (χ0v) is 25.5. The highest BCUT2D eigenvalue weighted by molar-refractivity contribution is 6.15. The molecule has 0 fully saturated rings. The Hall–Kier alpha value is -5.60. The fourth-order valence-corrected chi connectivity index (χ4v) is 7.98. The smallest absolute Gasteiger partial charge is 0.136 e. The molecule has 0 amide bonds. The van der Waals surface area contributed by atoms with E-state index in [2.05, 4.69) is 146 Å². The summed E-state index contributed by atoms with van der Waals surface area (Å²) >= 11 is 0. The predicted molar refractivity (Wildman–Crippen MR) is 191 cm³/mol. The summed E-state index contributed by atoms with van der Waals surface area (Å²) < 4.78 is 13.0. The van der Waals surface area contributed by atoms with Gasteiger partial charge in [0.15, 0.2) is 0 Å². The topological polar surface area (TPSA) is 26.3 Å². The fourth-order valence-electron chi connectivity index (χ4n) is 7.98. The number of hydrogen-bond acceptors (Lipinski definition) is 2. The molecular weight excluding hydrogens is 560 g/mol. The minimum atomic E-state index is 0.350. The molecule has 0 bridgehead atoms. The molecular formula is C44H30O2. The molecule has 9 aromatic rings. The summed E-state index contributed by atoms with van der Waals surface area (Å²) in [5, 5.41) is 6.92. The maximum atomic E-state index is 6.51. The molecule has 2 unspecified atom stereocenters. The lowest BCUT2D eigenvalue weighted by atomic mass is 9.80. The SMILES string of the molecule is CC1c2ccccc2-c2ccccc2CC1c1ccc2oc3cc4c(cc3c2c1)oc1ccc(-c2ccc3ccccc3c2)cc14. The van der Waals surface area contributed by atoms with Crippen molar-refractivity contribution < 1.29 is 8.83 Å². The van der Waals surface area contributed by atoms with Crippen molar-refractivity contribution in [1.82, 2.24) is 0 Å². The third kappa shape index (κ3) is 3.83. The van der Waals surface area contributed by atoms with Crippen LogP contribution in [0.15, 0.2) is 148 Å². The minimum absolute atomic E-state index is 0.350. The number of fused-ring (bicyclic) bond motifs is 10. The molecule has 2 nitrogen and oxygen atoms in total. The molecule has 2 heterocycles. The van der Waals surface area contributed by atoms with Gasteiger partial charge in [-0.25, -0.2) is 0 Å². The normalized spacial score (nSPS) is 16.3. The van der Waals surface area contributed by atoms with Crippen molar-refractivity contribution in [2.45, 2.75) is 25.2 Å². The molecule has 10 rings (SSSR count). The van der Waals surface area contributed by atoms with Crippen molar-refractivity contribution in [3.8, 4) is 22.3 Å². The Kier molecular flexibility index (Phi) is 5.42. The van der Waals surface area contributed by atoms with Crippen LogP contribution in [0.25, 0.3) is 76.9 Å². The van der Waals surface area contributed by atoms with Gasteiger partial charge in [-0.2, -0.15) is 0 Å². The second kappa shape index (κ2) is 9.70. The van der Waals surface area contributed by atoms with Crippen LogP contribution in [-0.2, 0) is 6.42 Å². The number of furan rings is 2. The van der Waals surface area contributed by atoms with E-state index >= 15 is 0 Å². The molecule has 218 valence electrons. The van der Waals surface area contributed by atoms with Gasteiger partial charge in [-0.1, -0.05) is 104 Å². The van der Waals surface area contributed by atoms with Gasteiger partial charge in [0.25, 0.3) is 0 Å². The summed E-state index contributed by atoms with van der Waals surface area (Å²) in [6.45, 7) is 2.39. The second-order valence-electron chi connectivity index (χ2n) is 12.9. The van der Waals surface area contributed by atoms with Crippen molar-refractivity contribution in [3.05, 3.63) is 156 Å². The van der Waals surface area contributed by atoms with E-state index in [1.807, 2.05) is 0 Å². The van der Waals surface area contributed by atoms with Crippen LogP contribution < -0.4 is 0 Å². The van der Waals surface area contributed by atoms with E-state index in [0.717, 1.165) is 50.3 Å². The fraction of sp³-hybridized carbons (Fsp3) is 0.0909. The first-order chi connectivity index (χ1) is 22.7. The molecule has 1 aliphatic rings. The summed E-state index contributed by atoms with van der Waals surface area (Å²) in [5.41, 5.74) is 12.9. The predicted octanol–water partition coefficient (Wildman–Crippen LogP) is 12.4. The first kappa shape index (κ1) is 25.7. The molecule has 46 heavy (non-hydrogen) atoms. The second-order valence-corrected chi connectivity index (χ2v) is 12.9. The number of benzene rings is 7. The van der Waals surface area contributed by atoms with Gasteiger partial charge < -0.3 is 8.83 Å². The van der Waals surface area contributed by atoms with E-state index in [0.29, 0.717) is 11.8 Å². The maximum Gasteiger partial charge on any atom is 0.136 e. The number of rotatable bonds is 2. The van der Waals surface area contributed by atoms with Gasteiger partial charge in [-0.3, -0.25) is 0 Å². The highest BCUT2D eigenvalue weighted by atomic mass is 16.3. The van der Waals surface area contributed by atoms with Crippen molar-refractivity contribution >= 4 is 54.6 Å². The van der Waals surface area contributed by atoms with Crippen LogP contribution >= 0.6 is 0 Å². The Balaban J connectivity index is 1.10. The zero-order chi connectivity index (χ0) is 30.4.